The maximum absolute atomic E-state index is 14.4. The predicted octanol–water partition coefficient (Wildman–Crippen LogP) is 2.07. The third-order valence-electron chi connectivity index (χ3n) is 2.68. The number of methoxy groups -OCH3 is 1. The fraction of sp³-hybridized carbons (Fsp3) is 0.545. The predicted molar refractivity (Wildman–Crippen MR) is 53.6 cm³/mol. The number of rotatable bonds is 2. The van der Waals surface area contributed by atoms with Crippen molar-refractivity contribution < 1.29 is 13.9 Å². The van der Waals surface area contributed by atoms with Crippen molar-refractivity contribution in [3.8, 4) is 5.88 Å². The van der Waals surface area contributed by atoms with Crippen LogP contribution in [0.5, 0.6) is 5.88 Å². The van der Waals surface area contributed by atoms with E-state index in [-0.39, 0.29) is 0 Å². The highest BCUT2D eigenvalue weighted by Crippen LogP contribution is 2.35. The molecule has 15 heavy (non-hydrogen) atoms. The largest absolute Gasteiger partial charge is 0.481 e. The van der Waals surface area contributed by atoms with Crippen LogP contribution in [0, 0.1) is 0 Å². The van der Waals surface area contributed by atoms with Crippen LogP contribution in [0.2, 0.25) is 0 Å². The minimum Gasteiger partial charge on any atom is -0.481 e. The first-order valence-electron chi connectivity index (χ1n) is 5.03. The molecule has 1 aromatic heterocycles. The van der Waals surface area contributed by atoms with Gasteiger partial charge in [0.05, 0.1) is 26.0 Å². The van der Waals surface area contributed by atoms with Crippen molar-refractivity contribution in [2.75, 3.05) is 20.3 Å². The highest BCUT2D eigenvalue weighted by molar-refractivity contribution is 5.21. The summed E-state index contributed by atoms with van der Waals surface area (Å²) in [6.07, 6.45) is 0.736. The van der Waals surface area contributed by atoms with Gasteiger partial charge >= 0.3 is 0 Å². The monoisotopic (exact) mass is 211 g/mol. The molecule has 0 aromatic carbocycles. The van der Waals surface area contributed by atoms with Crippen LogP contribution in [-0.2, 0) is 10.4 Å². The number of ether oxygens (including phenoxy) is 2. The van der Waals surface area contributed by atoms with Crippen LogP contribution >= 0.6 is 0 Å². The van der Waals surface area contributed by atoms with Gasteiger partial charge in [-0.15, -0.1) is 0 Å². The second-order valence-electron chi connectivity index (χ2n) is 3.64. The van der Waals surface area contributed by atoms with Crippen molar-refractivity contribution >= 4 is 0 Å². The van der Waals surface area contributed by atoms with Gasteiger partial charge in [0.25, 0.3) is 0 Å². The molecule has 0 aliphatic carbocycles. The standard InChI is InChI=1S/C11H14FNO2/c1-14-10-4-2-3-9(13-10)11(12)5-7-15-8-6-11/h2-4H,5-8H2,1H3. The summed E-state index contributed by atoms with van der Waals surface area (Å²) in [4.78, 5) is 4.13. The van der Waals surface area contributed by atoms with E-state index < -0.39 is 5.67 Å². The molecule has 1 aliphatic heterocycles. The summed E-state index contributed by atoms with van der Waals surface area (Å²) in [5.74, 6) is 0.455. The Morgan fingerprint density at radius 1 is 1.40 bits per heavy atom. The van der Waals surface area contributed by atoms with E-state index in [2.05, 4.69) is 4.98 Å². The maximum atomic E-state index is 14.4. The Morgan fingerprint density at radius 3 is 2.80 bits per heavy atom. The van der Waals surface area contributed by atoms with Gasteiger partial charge in [-0.2, -0.15) is 0 Å². The zero-order chi connectivity index (χ0) is 10.7. The molecule has 0 saturated carbocycles. The first-order valence-corrected chi connectivity index (χ1v) is 5.03. The molecule has 4 heteroatoms. The lowest BCUT2D eigenvalue weighted by Gasteiger charge is -2.28. The van der Waals surface area contributed by atoms with E-state index in [1.54, 1.807) is 18.2 Å². The second-order valence-corrected chi connectivity index (χ2v) is 3.64. The van der Waals surface area contributed by atoms with Crippen LogP contribution < -0.4 is 4.74 Å². The second kappa shape index (κ2) is 4.14. The SMILES string of the molecule is COc1cccc(C2(F)CCOCC2)n1. The zero-order valence-corrected chi connectivity index (χ0v) is 8.70. The maximum Gasteiger partial charge on any atom is 0.213 e. The first-order chi connectivity index (χ1) is 7.24. The van der Waals surface area contributed by atoms with Crippen LogP contribution in [0.4, 0.5) is 4.39 Å². The van der Waals surface area contributed by atoms with Crippen molar-refractivity contribution in [1.29, 1.82) is 0 Å². The van der Waals surface area contributed by atoms with Gasteiger partial charge in [0.2, 0.25) is 5.88 Å². The molecule has 1 aromatic rings. The zero-order valence-electron chi connectivity index (χ0n) is 8.70. The van der Waals surface area contributed by atoms with Crippen LogP contribution in [0.3, 0.4) is 0 Å². The minimum absolute atomic E-state index is 0.368. The van der Waals surface area contributed by atoms with E-state index in [4.69, 9.17) is 9.47 Å². The molecule has 1 fully saturated rings. The Bertz CT molecular complexity index is 337. The van der Waals surface area contributed by atoms with Crippen molar-refractivity contribution in [2.24, 2.45) is 0 Å². The summed E-state index contributed by atoms with van der Waals surface area (Å²) in [6, 6.07) is 5.18. The van der Waals surface area contributed by atoms with Crippen LogP contribution in [0.1, 0.15) is 18.5 Å². The summed E-state index contributed by atoms with van der Waals surface area (Å²) in [6.45, 7) is 0.908. The van der Waals surface area contributed by atoms with E-state index >= 15 is 0 Å². The van der Waals surface area contributed by atoms with Gasteiger partial charge < -0.3 is 9.47 Å². The lowest BCUT2D eigenvalue weighted by atomic mass is 9.92. The Kier molecular flexibility index (Phi) is 2.86. The number of alkyl halides is 1. The van der Waals surface area contributed by atoms with Crippen molar-refractivity contribution in [1.82, 2.24) is 4.98 Å². The molecule has 0 atom stereocenters. The van der Waals surface area contributed by atoms with E-state index in [1.165, 1.54) is 7.11 Å². The topological polar surface area (TPSA) is 31.4 Å². The third-order valence-corrected chi connectivity index (χ3v) is 2.68. The number of hydrogen-bond donors (Lipinski definition) is 0. The number of halogens is 1. The Hall–Kier alpha value is -1.16. The number of aromatic nitrogens is 1. The fourth-order valence-electron chi connectivity index (χ4n) is 1.73. The molecule has 1 saturated heterocycles. The third kappa shape index (κ3) is 2.09. The molecule has 0 N–H and O–H groups in total. The Labute approximate surface area is 88.2 Å². The number of hydrogen-bond acceptors (Lipinski definition) is 3. The molecular formula is C11H14FNO2. The summed E-state index contributed by atoms with van der Waals surface area (Å²) in [5.41, 5.74) is -0.905. The van der Waals surface area contributed by atoms with Gasteiger partial charge in [-0.05, 0) is 6.07 Å². The van der Waals surface area contributed by atoms with Crippen molar-refractivity contribution in [3.05, 3.63) is 23.9 Å². The first kappa shape index (κ1) is 10.4. The van der Waals surface area contributed by atoms with Crippen LogP contribution in [-0.4, -0.2) is 25.3 Å². The van der Waals surface area contributed by atoms with E-state index in [1.807, 2.05) is 0 Å². The van der Waals surface area contributed by atoms with Gasteiger partial charge in [0, 0.05) is 18.9 Å². The van der Waals surface area contributed by atoms with Gasteiger partial charge in [-0.1, -0.05) is 6.07 Å². The molecule has 82 valence electrons. The average molecular weight is 211 g/mol. The van der Waals surface area contributed by atoms with Gasteiger partial charge in [0.15, 0.2) is 5.67 Å². The molecule has 0 bridgehead atoms. The summed E-state index contributed by atoms with van der Waals surface area (Å²) < 4.78 is 24.5. The molecule has 0 amide bonds. The van der Waals surface area contributed by atoms with E-state index in [9.17, 15) is 4.39 Å². The van der Waals surface area contributed by atoms with E-state index in [0.29, 0.717) is 37.6 Å². The van der Waals surface area contributed by atoms with Gasteiger partial charge in [0.1, 0.15) is 0 Å². The molecule has 1 aliphatic rings. The van der Waals surface area contributed by atoms with E-state index in [0.717, 1.165) is 0 Å². The Balaban J connectivity index is 2.26. The van der Waals surface area contributed by atoms with Crippen molar-refractivity contribution in [2.45, 2.75) is 18.5 Å². The summed E-state index contributed by atoms with van der Waals surface area (Å²) in [5, 5.41) is 0. The summed E-state index contributed by atoms with van der Waals surface area (Å²) >= 11 is 0. The molecule has 3 nitrogen and oxygen atoms in total. The lowest BCUT2D eigenvalue weighted by Crippen LogP contribution is -2.30. The molecule has 0 radical (unpaired) electrons. The highest BCUT2D eigenvalue weighted by Gasteiger charge is 2.35. The number of nitrogens with zero attached hydrogens (tertiary/aromatic N) is 1. The van der Waals surface area contributed by atoms with Crippen molar-refractivity contribution in [3.63, 3.8) is 0 Å². The molecule has 0 unspecified atom stereocenters. The molecule has 2 rings (SSSR count). The fourth-order valence-corrected chi connectivity index (χ4v) is 1.73. The molecule has 2 heterocycles. The molecule has 0 spiro atoms. The number of pyridine rings is 1. The lowest BCUT2D eigenvalue weighted by molar-refractivity contribution is -0.0140. The van der Waals surface area contributed by atoms with Gasteiger partial charge in [-0.25, -0.2) is 9.37 Å². The average Bonchev–Trinajstić information content (AvgIpc) is 2.30. The van der Waals surface area contributed by atoms with Crippen LogP contribution in [0.25, 0.3) is 0 Å². The quantitative estimate of drug-likeness (QED) is 0.750. The van der Waals surface area contributed by atoms with Crippen LogP contribution in [0.15, 0.2) is 18.2 Å². The normalized spacial score (nSPS) is 19.9. The highest BCUT2D eigenvalue weighted by atomic mass is 19.1. The minimum atomic E-state index is -1.35. The smallest absolute Gasteiger partial charge is 0.213 e. The van der Waals surface area contributed by atoms with Gasteiger partial charge in [-0.3, -0.25) is 0 Å². The summed E-state index contributed by atoms with van der Waals surface area (Å²) in [7, 11) is 1.53. The Morgan fingerprint density at radius 2 is 2.13 bits per heavy atom. The molecular weight excluding hydrogens is 197 g/mol.